The van der Waals surface area contributed by atoms with Crippen LogP contribution in [-0.2, 0) is 0 Å². The SMILES string of the molecule is CC1CC1C(C)(CCP)C(C)(C)C. The van der Waals surface area contributed by atoms with Crippen molar-refractivity contribution in [3.8, 4) is 0 Å². The van der Waals surface area contributed by atoms with Crippen LogP contribution in [0.1, 0.15) is 47.5 Å². The van der Waals surface area contributed by atoms with E-state index in [0.717, 1.165) is 11.8 Å². The standard InChI is InChI=1S/C12H25P/c1-9-8-10(9)12(5,6-7-13)11(2,3)4/h9-10H,6-8,13H2,1-5H3. The third kappa shape index (κ3) is 2.09. The summed E-state index contributed by atoms with van der Waals surface area (Å²) in [4.78, 5) is 0. The summed E-state index contributed by atoms with van der Waals surface area (Å²) in [6.07, 6.45) is 4.06. The van der Waals surface area contributed by atoms with Crippen molar-refractivity contribution in [2.75, 3.05) is 6.16 Å². The van der Waals surface area contributed by atoms with Crippen LogP contribution >= 0.6 is 9.24 Å². The third-order valence-corrected chi connectivity index (χ3v) is 4.59. The molecule has 0 aromatic carbocycles. The molecule has 0 saturated heterocycles. The lowest BCUT2D eigenvalue weighted by Crippen LogP contribution is -2.35. The lowest BCUT2D eigenvalue weighted by atomic mass is 9.63. The zero-order chi connectivity index (χ0) is 10.3. The second kappa shape index (κ2) is 3.54. The third-order valence-electron chi connectivity index (χ3n) is 4.30. The fraction of sp³-hybridized carbons (Fsp3) is 1.00. The van der Waals surface area contributed by atoms with Crippen molar-refractivity contribution in [1.29, 1.82) is 0 Å². The van der Waals surface area contributed by atoms with Crippen LogP contribution < -0.4 is 0 Å². The van der Waals surface area contributed by atoms with Crippen LogP contribution in [0.4, 0.5) is 0 Å². The Hall–Kier alpha value is 0.430. The van der Waals surface area contributed by atoms with Gasteiger partial charge in [0.2, 0.25) is 0 Å². The Balaban J connectivity index is 2.75. The van der Waals surface area contributed by atoms with E-state index in [2.05, 4.69) is 43.9 Å². The van der Waals surface area contributed by atoms with E-state index in [1.807, 2.05) is 0 Å². The van der Waals surface area contributed by atoms with Gasteiger partial charge >= 0.3 is 0 Å². The highest BCUT2D eigenvalue weighted by Crippen LogP contribution is 2.60. The molecule has 4 atom stereocenters. The average Bonchev–Trinajstić information content (AvgIpc) is 2.65. The first-order valence-electron chi connectivity index (χ1n) is 5.53. The highest BCUT2D eigenvalue weighted by molar-refractivity contribution is 7.16. The maximum Gasteiger partial charge on any atom is -0.0243 e. The van der Waals surface area contributed by atoms with Gasteiger partial charge in [0.15, 0.2) is 0 Å². The van der Waals surface area contributed by atoms with Crippen LogP contribution in [0, 0.1) is 22.7 Å². The number of hydrogen-bond donors (Lipinski definition) is 0. The van der Waals surface area contributed by atoms with Crippen molar-refractivity contribution in [3.05, 3.63) is 0 Å². The predicted octanol–water partition coefficient (Wildman–Crippen LogP) is 3.96. The van der Waals surface area contributed by atoms with Crippen LogP contribution in [0.5, 0.6) is 0 Å². The van der Waals surface area contributed by atoms with Crippen molar-refractivity contribution in [2.45, 2.75) is 47.5 Å². The molecule has 13 heavy (non-hydrogen) atoms. The predicted molar refractivity (Wildman–Crippen MR) is 64.0 cm³/mol. The van der Waals surface area contributed by atoms with Crippen molar-refractivity contribution >= 4 is 9.24 Å². The number of rotatable bonds is 3. The van der Waals surface area contributed by atoms with Gasteiger partial charge in [-0.2, -0.15) is 0 Å². The molecule has 0 heterocycles. The molecule has 0 N–H and O–H groups in total. The molecule has 4 unspecified atom stereocenters. The maximum atomic E-state index is 2.88. The lowest BCUT2D eigenvalue weighted by Gasteiger charge is -2.43. The molecule has 0 bridgehead atoms. The smallest absolute Gasteiger partial charge is 0.0243 e. The van der Waals surface area contributed by atoms with E-state index in [1.54, 1.807) is 0 Å². The monoisotopic (exact) mass is 200 g/mol. The van der Waals surface area contributed by atoms with E-state index in [9.17, 15) is 0 Å². The molecule has 0 aromatic heterocycles. The molecule has 0 radical (unpaired) electrons. The van der Waals surface area contributed by atoms with Gasteiger partial charge in [0.25, 0.3) is 0 Å². The van der Waals surface area contributed by atoms with Gasteiger partial charge in [-0.25, -0.2) is 0 Å². The summed E-state index contributed by atoms with van der Waals surface area (Å²) >= 11 is 0. The molecule has 0 amide bonds. The van der Waals surface area contributed by atoms with Crippen molar-refractivity contribution in [2.24, 2.45) is 22.7 Å². The topological polar surface area (TPSA) is 0 Å². The normalized spacial score (nSPS) is 32.8. The quantitative estimate of drug-likeness (QED) is 0.605. The molecule has 0 aromatic rings. The Bertz CT molecular complexity index is 180. The minimum atomic E-state index is 0.457. The van der Waals surface area contributed by atoms with Crippen molar-refractivity contribution < 1.29 is 0 Å². The minimum absolute atomic E-state index is 0.457. The summed E-state index contributed by atoms with van der Waals surface area (Å²) in [7, 11) is 2.88. The molecule has 0 nitrogen and oxygen atoms in total. The van der Waals surface area contributed by atoms with Gasteiger partial charge in [0.05, 0.1) is 0 Å². The summed E-state index contributed by atoms with van der Waals surface area (Å²) in [6, 6.07) is 0. The molecular formula is C12H25P. The van der Waals surface area contributed by atoms with Gasteiger partial charge in [0.1, 0.15) is 0 Å². The van der Waals surface area contributed by atoms with Crippen LogP contribution in [0.15, 0.2) is 0 Å². The Morgan fingerprint density at radius 3 is 1.92 bits per heavy atom. The maximum absolute atomic E-state index is 2.88. The Labute approximate surface area is 86.1 Å². The van der Waals surface area contributed by atoms with Gasteiger partial charge in [0, 0.05) is 0 Å². The summed E-state index contributed by atoms with van der Waals surface area (Å²) < 4.78 is 0. The second-order valence-corrected chi connectivity index (χ2v) is 6.60. The number of hydrogen-bond acceptors (Lipinski definition) is 0. The molecule has 1 rings (SSSR count). The first-order valence-corrected chi connectivity index (χ1v) is 6.34. The fourth-order valence-electron chi connectivity index (χ4n) is 2.63. The molecule has 78 valence electrons. The summed E-state index contributed by atoms with van der Waals surface area (Å²) in [5.41, 5.74) is 1.01. The first kappa shape index (κ1) is 11.5. The van der Waals surface area contributed by atoms with Gasteiger partial charge in [-0.3, -0.25) is 0 Å². The van der Waals surface area contributed by atoms with Gasteiger partial charge in [-0.05, 0) is 41.7 Å². The largest absolute Gasteiger partial charge is 0.138 e. The van der Waals surface area contributed by atoms with Gasteiger partial charge in [-0.1, -0.05) is 34.6 Å². The highest BCUT2D eigenvalue weighted by atomic mass is 31.0. The Morgan fingerprint density at radius 1 is 1.23 bits per heavy atom. The van der Waals surface area contributed by atoms with Gasteiger partial charge < -0.3 is 0 Å². The van der Waals surface area contributed by atoms with Gasteiger partial charge in [-0.15, -0.1) is 9.24 Å². The van der Waals surface area contributed by atoms with Crippen LogP contribution in [0.3, 0.4) is 0 Å². The zero-order valence-electron chi connectivity index (χ0n) is 9.85. The minimum Gasteiger partial charge on any atom is -0.138 e. The average molecular weight is 200 g/mol. The molecule has 1 saturated carbocycles. The molecule has 1 heteroatoms. The molecular weight excluding hydrogens is 175 g/mol. The van der Waals surface area contributed by atoms with E-state index >= 15 is 0 Å². The lowest BCUT2D eigenvalue weighted by molar-refractivity contribution is 0.0706. The van der Waals surface area contributed by atoms with E-state index in [0.29, 0.717) is 10.8 Å². The summed E-state index contributed by atoms with van der Waals surface area (Å²) in [5, 5.41) is 0. The molecule has 0 aliphatic heterocycles. The zero-order valence-corrected chi connectivity index (χ0v) is 11.0. The summed E-state index contributed by atoms with van der Waals surface area (Å²) in [6.45, 7) is 12.1. The first-order chi connectivity index (χ1) is 5.83. The highest BCUT2D eigenvalue weighted by Gasteiger charge is 2.52. The van der Waals surface area contributed by atoms with Crippen molar-refractivity contribution in [3.63, 3.8) is 0 Å². The molecule has 1 aliphatic carbocycles. The van der Waals surface area contributed by atoms with E-state index in [4.69, 9.17) is 0 Å². The van der Waals surface area contributed by atoms with E-state index < -0.39 is 0 Å². The van der Waals surface area contributed by atoms with E-state index in [-0.39, 0.29) is 0 Å². The van der Waals surface area contributed by atoms with E-state index in [1.165, 1.54) is 19.0 Å². The van der Waals surface area contributed by atoms with Crippen molar-refractivity contribution in [1.82, 2.24) is 0 Å². The van der Waals surface area contributed by atoms with Crippen LogP contribution in [0.25, 0.3) is 0 Å². The molecule has 1 fully saturated rings. The fourth-order valence-corrected chi connectivity index (χ4v) is 3.23. The molecule has 0 spiro atoms. The second-order valence-electron chi connectivity index (χ2n) is 6.03. The van der Waals surface area contributed by atoms with Crippen LogP contribution in [0.2, 0.25) is 0 Å². The Kier molecular flexibility index (Phi) is 3.13. The molecule has 1 aliphatic rings. The van der Waals surface area contributed by atoms with Crippen LogP contribution in [-0.4, -0.2) is 6.16 Å². The Morgan fingerprint density at radius 2 is 1.69 bits per heavy atom. The summed E-state index contributed by atoms with van der Waals surface area (Å²) in [5.74, 6) is 1.95.